The molecule has 3 unspecified atom stereocenters. The number of hydrogen-bond acceptors (Lipinski definition) is 3. The van der Waals surface area contributed by atoms with E-state index in [9.17, 15) is 4.79 Å². The van der Waals surface area contributed by atoms with Crippen LogP contribution in [0.2, 0.25) is 0 Å². The number of rotatable bonds is 1. The van der Waals surface area contributed by atoms with Crippen molar-refractivity contribution in [2.45, 2.75) is 63.6 Å². The van der Waals surface area contributed by atoms with Crippen LogP contribution in [0.5, 0.6) is 0 Å². The standard InChI is InChI=1S/C15H27N3O.2ClH/c1-12-10-17-9-5-6-13(17)11-18(12)14(19)15(2)7-3-4-8-16-15;;/h12-13,16H,3-11H2,1-2H3;2*1H. The number of carbonyl (C=O) groups is 1. The number of piperidine rings is 1. The van der Waals surface area contributed by atoms with Crippen molar-refractivity contribution in [2.75, 3.05) is 26.2 Å². The lowest BCUT2D eigenvalue weighted by molar-refractivity contribution is -0.144. The van der Waals surface area contributed by atoms with Crippen LogP contribution in [0.1, 0.15) is 46.0 Å². The zero-order valence-corrected chi connectivity index (χ0v) is 14.8. The number of nitrogens with one attached hydrogen (secondary N) is 1. The van der Waals surface area contributed by atoms with Crippen molar-refractivity contribution < 1.29 is 4.79 Å². The molecule has 0 spiro atoms. The lowest BCUT2D eigenvalue weighted by Crippen LogP contribution is -2.64. The van der Waals surface area contributed by atoms with E-state index in [0.717, 1.165) is 26.1 Å². The van der Waals surface area contributed by atoms with Gasteiger partial charge < -0.3 is 10.2 Å². The fraction of sp³-hybridized carbons (Fsp3) is 0.933. The lowest BCUT2D eigenvalue weighted by atomic mass is 9.88. The number of piperazine rings is 1. The molecule has 0 aromatic rings. The van der Waals surface area contributed by atoms with Crippen molar-refractivity contribution in [3.63, 3.8) is 0 Å². The van der Waals surface area contributed by atoms with Gasteiger partial charge in [0.15, 0.2) is 0 Å². The molecule has 4 nitrogen and oxygen atoms in total. The van der Waals surface area contributed by atoms with Gasteiger partial charge in [0.1, 0.15) is 0 Å². The van der Waals surface area contributed by atoms with Crippen LogP contribution in [0.3, 0.4) is 0 Å². The molecule has 21 heavy (non-hydrogen) atoms. The lowest BCUT2D eigenvalue weighted by Gasteiger charge is -2.46. The SMILES string of the molecule is CC1CN2CCCC2CN1C(=O)C1(C)CCCCN1.Cl.Cl. The van der Waals surface area contributed by atoms with Gasteiger partial charge in [-0.3, -0.25) is 9.69 Å². The summed E-state index contributed by atoms with van der Waals surface area (Å²) in [7, 11) is 0. The van der Waals surface area contributed by atoms with Gasteiger partial charge in [-0.05, 0) is 59.0 Å². The van der Waals surface area contributed by atoms with Gasteiger partial charge in [-0.25, -0.2) is 0 Å². The van der Waals surface area contributed by atoms with Gasteiger partial charge in [0.2, 0.25) is 5.91 Å². The van der Waals surface area contributed by atoms with Gasteiger partial charge in [-0.1, -0.05) is 0 Å². The molecule has 3 rings (SSSR count). The second kappa shape index (κ2) is 7.49. The molecule has 1 N–H and O–H groups in total. The Morgan fingerprint density at radius 1 is 1.19 bits per heavy atom. The highest BCUT2D eigenvalue weighted by Crippen LogP contribution is 2.28. The molecule has 3 aliphatic heterocycles. The highest BCUT2D eigenvalue weighted by molar-refractivity contribution is 5.86. The van der Waals surface area contributed by atoms with Crippen LogP contribution in [0.15, 0.2) is 0 Å². The third-order valence-electron chi connectivity index (χ3n) is 5.29. The second-order valence-electron chi connectivity index (χ2n) is 6.81. The van der Waals surface area contributed by atoms with Gasteiger partial charge in [0.25, 0.3) is 0 Å². The number of halogens is 2. The topological polar surface area (TPSA) is 35.6 Å². The van der Waals surface area contributed by atoms with Gasteiger partial charge in [-0.15, -0.1) is 24.8 Å². The van der Waals surface area contributed by atoms with E-state index in [2.05, 4.69) is 29.0 Å². The molecule has 3 atom stereocenters. The maximum Gasteiger partial charge on any atom is 0.242 e. The first-order valence-corrected chi connectivity index (χ1v) is 7.90. The van der Waals surface area contributed by atoms with Crippen LogP contribution in [0.25, 0.3) is 0 Å². The smallest absolute Gasteiger partial charge is 0.242 e. The molecule has 0 aliphatic carbocycles. The van der Waals surface area contributed by atoms with Crippen LogP contribution in [-0.4, -0.2) is 59.5 Å². The molecule has 124 valence electrons. The Hall–Kier alpha value is -0.0300. The van der Waals surface area contributed by atoms with Crippen LogP contribution >= 0.6 is 24.8 Å². The minimum Gasteiger partial charge on any atom is -0.336 e. The minimum absolute atomic E-state index is 0. The molecule has 3 aliphatic rings. The van der Waals surface area contributed by atoms with Crippen LogP contribution < -0.4 is 5.32 Å². The molecule has 0 radical (unpaired) electrons. The molecule has 0 bridgehead atoms. The molecule has 1 amide bonds. The first-order chi connectivity index (χ1) is 9.10. The summed E-state index contributed by atoms with van der Waals surface area (Å²) in [6.45, 7) is 8.52. The van der Waals surface area contributed by atoms with Crippen molar-refractivity contribution in [3.05, 3.63) is 0 Å². The maximum absolute atomic E-state index is 12.9. The summed E-state index contributed by atoms with van der Waals surface area (Å²) in [6.07, 6.45) is 5.93. The summed E-state index contributed by atoms with van der Waals surface area (Å²) < 4.78 is 0. The van der Waals surface area contributed by atoms with E-state index in [4.69, 9.17) is 0 Å². The van der Waals surface area contributed by atoms with E-state index in [0.29, 0.717) is 18.0 Å². The van der Waals surface area contributed by atoms with E-state index in [1.807, 2.05) is 0 Å². The number of amides is 1. The normalized spacial score (nSPS) is 36.4. The van der Waals surface area contributed by atoms with Crippen LogP contribution in [0, 0.1) is 0 Å². The van der Waals surface area contributed by atoms with Gasteiger partial charge in [0, 0.05) is 25.2 Å². The average molecular weight is 338 g/mol. The average Bonchev–Trinajstić information content (AvgIpc) is 2.85. The van der Waals surface area contributed by atoms with Gasteiger partial charge in [-0.2, -0.15) is 0 Å². The van der Waals surface area contributed by atoms with Crippen LogP contribution in [-0.2, 0) is 4.79 Å². The summed E-state index contributed by atoms with van der Waals surface area (Å²) in [5.74, 6) is 0.339. The molecule has 0 saturated carbocycles. The number of fused-ring (bicyclic) bond motifs is 1. The Morgan fingerprint density at radius 3 is 2.62 bits per heavy atom. The highest BCUT2D eigenvalue weighted by Gasteiger charge is 2.43. The molecule has 3 saturated heterocycles. The zero-order valence-electron chi connectivity index (χ0n) is 13.1. The van der Waals surface area contributed by atoms with Crippen LogP contribution in [0.4, 0.5) is 0 Å². The molecular weight excluding hydrogens is 309 g/mol. The monoisotopic (exact) mass is 337 g/mol. The van der Waals surface area contributed by atoms with E-state index < -0.39 is 0 Å². The minimum atomic E-state index is -0.312. The third-order valence-corrected chi connectivity index (χ3v) is 5.29. The molecule has 3 fully saturated rings. The summed E-state index contributed by atoms with van der Waals surface area (Å²) in [5.41, 5.74) is -0.312. The predicted molar refractivity (Wildman–Crippen MR) is 90.5 cm³/mol. The summed E-state index contributed by atoms with van der Waals surface area (Å²) >= 11 is 0. The van der Waals surface area contributed by atoms with E-state index in [1.54, 1.807) is 0 Å². The molecular formula is C15H29Cl2N3O. The largest absolute Gasteiger partial charge is 0.336 e. The Balaban J connectivity index is 0.00000110. The van der Waals surface area contributed by atoms with Crippen molar-refractivity contribution in [3.8, 4) is 0 Å². The van der Waals surface area contributed by atoms with Gasteiger partial charge in [0.05, 0.1) is 5.54 Å². The molecule has 0 aromatic heterocycles. The van der Waals surface area contributed by atoms with Crippen molar-refractivity contribution in [2.24, 2.45) is 0 Å². The van der Waals surface area contributed by atoms with E-state index >= 15 is 0 Å². The third kappa shape index (κ3) is 3.66. The van der Waals surface area contributed by atoms with Gasteiger partial charge >= 0.3 is 0 Å². The summed E-state index contributed by atoms with van der Waals surface area (Å²) in [4.78, 5) is 17.7. The Bertz CT molecular complexity index is 361. The maximum atomic E-state index is 12.9. The Morgan fingerprint density at radius 2 is 1.95 bits per heavy atom. The van der Waals surface area contributed by atoms with Crippen molar-refractivity contribution in [1.82, 2.24) is 15.1 Å². The van der Waals surface area contributed by atoms with E-state index in [1.165, 1.54) is 32.2 Å². The zero-order chi connectivity index (χ0) is 13.5. The first-order valence-electron chi connectivity index (χ1n) is 7.90. The van der Waals surface area contributed by atoms with Crippen molar-refractivity contribution in [1.29, 1.82) is 0 Å². The number of nitrogens with zero attached hydrogens (tertiary/aromatic N) is 2. The van der Waals surface area contributed by atoms with Crippen molar-refractivity contribution >= 4 is 30.7 Å². The van der Waals surface area contributed by atoms with E-state index in [-0.39, 0.29) is 30.4 Å². The Kier molecular flexibility index (Phi) is 6.79. The fourth-order valence-electron chi connectivity index (χ4n) is 4.03. The highest BCUT2D eigenvalue weighted by atomic mass is 35.5. The second-order valence-corrected chi connectivity index (χ2v) is 6.81. The Labute approximate surface area is 140 Å². The quantitative estimate of drug-likeness (QED) is 0.795. The predicted octanol–water partition coefficient (Wildman–Crippen LogP) is 2.06. The summed E-state index contributed by atoms with van der Waals surface area (Å²) in [6, 6.07) is 0.981. The number of hydrogen-bond donors (Lipinski definition) is 1. The first kappa shape index (κ1) is 19.0. The fourth-order valence-corrected chi connectivity index (χ4v) is 4.03. The molecule has 6 heteroatoms. The summed E-state index contributed by atoms with van der Waals surface area (Å²) in [5, 5.41) is 3.47. The number of carbonyl (C=O) groups excluding carboxylic acids is 1. The molecule has 0 aromatic carbocycles. The molecule has 3 heterocycles.